The molecule has 2 aromatic carbocycles. The van der Waals surface area contributed by atoms with Crippen LogP contribution < -0.4 is 0 Å². The number of methoxy groups -OCH3 is 1. The van der Waals surface area contributed by atoms with Crippen LogP contribution in [0.1, 0.15) is 43.7 Å². The normalized spacial score (nSPS) is 9.93. The molecule has 0 spiro atoms. The van der Waals surface area contributed by atoms with Gasteiger partial charge >= 0.3 is 5.97 Å². The number of aromatic nitrogens is 4. The fourth-order valence-electron chi connectivity index (χ4n) is 3.06. The van der Waals surface area contributed by atoms with Gasteiger partial charge in [0, 0.05) is 19.2 Å². The first-order valence-electron chi connectivity index (χ1n) is 10.3. The molecule has 0 unspecified atom stereocenters. The third kappa shape index (κ3) is 4.76. The first-order valence-corrected chi connectivity index (χ1v) is 10.3. The third-order valence-electron chi connectivity index (χ3n) is 4.48. The molecule has 0 aliphatic rings. The Bertz CT molecular complexity index is 1080. The number of ether oxygens (including phenoxy) is 1. The molecule has 4 rings (SSSR count). The summed E-state index contributed by atoms with van der Waals surface area (Å²) in [6.45, 7) is 8.74. The lowest BCUT2D eigenvalue weighted by Crippen LogP contribution is -2.08. The van der Waals surface area contributed by atoms with Gasteiger partial charge in [-0.25, -0.2) is 14.8 Å². The van der Waals surface area contributed by atoms with E-state index in [2.05, 4.69) is 32.7 Å². The van der Waals surface area contributed by atoms with Crippen LogP contribution in [0.4, 0.5) is 0 Å². The minimum absolute atomic E-state index is 0.394. The summed E-state index contributed by atoms with van der Waals surface area (Å²) < 4.78 is 8.64. The molecule has 0 aliphatic heterocycles. The molecule has 0 fully saturated rings. The van der Waals surface area contributed by atoms with E-state index >= 15 is 0 Å². The molecule has 4 aromatic rings. The number of fused-ring (bicyclic) bond motifs is 1. The van der Waals surface area contributed by atoms with Crippen LogP contribution in [0, 0.1) is 0 Å². The molecule has 0 saturated carbocycles. The van der Waals surface area contributed by atoms with Crippen molar-refractivity contribution in [2.75, 3.05) is 7.11 Å². The minimum Gasteiger partial charge on any atom is -0.464 e. The van der Waals surface area contributed by atoms with Crippen LogP contribution in [0.15, 0.2) is 61.1 Å². The van der Waals surface area contributed by atoms with Gasteiger partial charge in [0.25, 0.3) is 0 Å². The summed E-state index contributed by atoms with van der Waals surface area (Å²) in [6, 6.07) is 16.2. The number of nitrogens with zero attached hydrogens (tertiary/aromatic N) is 4. The highest BCUT2D eigenvalue weighted by Gasteiger charge is 2.15. The van der Waals surface area contributed by atoms with E-state index in [1.54, 1.807) is 11.6 Å². The molecule has 0 radical (unpaired) electrons. The van der Waals surface area contributed by atoms with Crippen molar-refractivity contribution >= 4 is 17.0 Å². The van der Waals surface area contributed by atoms with Gasteiger partial charge in [-0.05, 0) is 17.7 Å². The Morgan fingerprint density at radius 1 is 0.967 bits per heavy atom. The predicted octanol–water partition coefficient (Wildman–Crippen LogP) is 5.32. The number of hydrogen-bond acceptors (Lipinski definition) is 4. The summed E-state index contributed by atoms with van der Waals surface area (Å²) in [6.07, 6.45) is 3.40. The van der Waals surface area contributed by atoms with Crippen molar-refractivity contribution in [1.82, 2.24) is 19.1 Å². The van der Waals surface area contributed by atoms with Crippen LogP contribution in [-0.2, 0) is 18.3 Å². The average Bonchev–Trinajstić information content (AvgIpc) is 3.40. The van der Waals surface area contributed by atoms with E-state index in [0.29, 0.717) is 5.69 Å². The molecule has 6 nitrogen and oxygen atoms in total. The third-order valence-corrected chi connectivity index (χ3v) is 4.48. The quantitative estimate of drug-likeness (QED) is 0.430. The fourth-order valence-corrected chi connectivity index (χ4v) is 3.06. The SMILES string of the molecule is CC.CC.COC(=O)c1cnc(-c2ccc(Cn3cnc4ccccc43)cc2)n1C. The Morgan fingerprint density at radius 2 is 1.63 bits per heavy atom. The van der Waals surface area contributed by atoms with E-state index in [1.165, 1.54) is 18.9 Å². The number of benzene rings is 2. The maximum absolute atomic E-state index is 11.7. The molecular formula is C24H30N4O2. The Kier molecular flexibility index (Phi) is 8.35. The van der Waals surface area contributed by atoms with Gasteiger partial charge in [0.2, 0.25) is 0 Å². The van der Waals surface area contributed by atoms with Gasteiger partial charge in [0.05, 0.1) is 30.7 Å². The number of esters is 1. The maximum atomic E-state index is 11.7. The highest BCUT2D eigenvalue weighted by molar-refractivity contribution is 5.88. The minimum atomic E-state index is -0.394. The number of imidazole rings is 2. The van der Waals surface area contributed by atoms with Crippen molar-refractivity contribution in [2.24, 2.45) is 7.05 Å². The van der Waals surface area contributed by atoms with E-state index in [1.807, 2.05) is 64.4 Å². The number of hydrogen-bond donors (Lipinski definition) is 0. The molecule has 0 atom stereocenters. The standard InChI is InChI=1S/C20H18N4O2.2C2H6/c1-23-18(20(25)26-2)11-21-19(23)15-9-7-14(8-10-15)12-24-13-22-16-5-3-4-6-17(16)24;2*1-2/h3-11,13H,12H2,1-2H3;2*1-2H3. The van der Waals surface area contributed by atoms with Crippen LogP contribution in [0.25, 0.3) is 22.4 Å². The van der Waals surface area contributed by atoms with Gasteiger partial charge in [-0.1, -0.05) is 64.1 Å². The van der Waals surface area contributed by atoms with Crippen LogP contribution in [0.2, 0.25) is 0 Å². The Hall–Kier alpha value is -3.41. The van der Waals surface area contributed by atoms with Crippen molar-refractivity contribution in [3.8, 4) is 11.4 Å². The zero-order chi connectivity index (χ0) is 22.1. The Labute approximate surface area is 178 Å². The van der Waals surface area contributed by atoms with Gasteiger partial charge in [0.15, 0.2) is 0 Å². The summed E-state index contributed by atoms with van der Waals surface area (Å²) >= 11 is 0. The second-order valence-electron chi connectivity index (χ2n) is 6.08. The molecule has 2 aromatic heterocycles. The molecule has 0 bridgehead atoms. The van der Waals surface area contributed by atoms with Crippen molar-refractivity contribution in [3.05, 3.63) is 72.3 Å². The number of rotatable bonds is 4. The second-order valence-corrected chi connectivity index (χ2v) is 6.08. The lowest BCUT2D eigenvalue weighted by atomic mass is 10.1. The topological polar surface area (TPSA) is 61.9 Å². The van der Waals surface area contributed by atoms with E-state index < -0.39 is 5.97 Å². The van der Waals surface area contributed by atoms with Crippen LogP contribution >= 0.6 is 0 Å². The van der Waals surface area contributed by atoms with Gasteiger partial charge in [-0.2, -0.15) is 0 Å². The smallest absolute Gasteiger partial charge is 0.356 e. The Morgan fingerprint density at radius 3 is 2.30 bits per heavy atom. The molecule has 6 heteroatoms. The molecule has 0 amide bonds. The van der Waals surface area contributed by atoms with Gasteiger partial charge in [-0.3, -0.25) is 0 Å². The van der Waals surface area contributed by atoms with E-state index in [4.69, 9.17) is 4.74 Å². The van der Waals surface area contributed by atoms with Crippen molar-refractivity contribution in [2.45, 2.75) is 34.2 Å². The van der Waals surface area contributed by atoms with Crippen molar-refractivity contribution in [3.63, 3.8) is 0 Å². The largest absolute Gasteiger partial charge is 0.464 e. The van der Waals surface area contributed by atoms with Gasteiger partial charge < -0.3 is 13.9 Å². The first kappa shape index (κ1) is 22.9. The fraction of sp³-hybridized carbons (Fsp3) is 0.292. The van der Waals surface area contributed by atoms with Gasteiger partial charge in [0.1, 0.15) is 11.5 Å². The number of carbonyl (C=O) groups excluding carboxylic acids is 1. The lowest BCUT2D eigenvalue weighted by Gasteiger charge is -2.07. The summed E-state index contributed by atoms with van der Waals surface area (Å²) in [4.78, 5) is 20.5. The molecule has 158 valence electrons. The van der Waals surface area contributed by atoms with Crippen LogP contribution in [0.5, 0.6) is 0 Å². The molecule has 0 aliphatic carbocycles. The van der Waals surface area contributed by atoms with Crippen molar-refractivity contribution in [1.29, 1.82) is 0 Å². The summed E-state index contributed by atoms with van der Waals surface area (Å²) in [5.74, 6) is 0.333. The number of carbonyl (C=O) groups is 1. The van der Waals surface area contributed by atoms with E-state index in [9.17, 15) is 4.79 Å². The van der Waals surface area contributed by atoms with Crippen LogP contribution in [-0.4, -0.2) is 32.2 Å². The lowest BCUT2D eigenvalue weighted by molar-refractivity contribution is 0.0590. The van der Waals surface area contributed by atoms with Crippen LogP contribution in [0.3, 0.4) is 0 Å². The summed E-state index contributed by atoms with van der Waals surface area (Å²) in [5, 5.41) is 0. The van der Waals surface area contributed by atoms with E-state index in [-0.39, 0.29) is 0 Å². The summed E-state index contributed by atoms with van der Waals surface area (Å²) in [5.41, 5.74) is 4.65. The highest BCUT2D eigenvalue weighted by Crippen LogP contribution is 2.21. The average molecular weight is 407 g/mol. The zero-order valence-electron chi connectivity index (χ0n) is 18.6. The molecule has 0 N–H and O–H groups in total. The molecular weight excluding hydrogens is 376 g/mol. The predicted molar refractivity (Wildman–Crippen MR) is 122 cm³/mol. The maximum Gasteiger partial charge on any atom is 0.356 e. The van der Waals surface area contributed by atoms with Crippen molar-refractivity contribution < 1.29 is 9.53 Å². The summed E-state index contributed by atoms with van der Waals surface area (Å²) in [7, 11) is 3.17. The highest BCUT2D eigenvalue weighted by atomic mass is 16.5. The molecule has 0 saturated heterocycles. The van der Waals surface area contributed by atoms with E-state index in [0.717, 1.165) is 29.0 Å². The second kappa shape index (κ2) is 11.0. The monoisotopic (exact) mass is 406 g/mol. The number of para-hydroxylation sites is 2. The molecule has 30 heavy (non-hydrogen) atoms. The molecule has 2 heterocycles. The zero-order valence-corrected chi connectivity index (χ0v) is 18.6. The van der Waals surface area contributed by atoms with Gasteiger partial charge in [-0.15, -0.1) is 0 Å². The first-order chi connectivity index (χ1) is 14.7. The Balaban J connectivity index is 0.000000757.